The Morgan fingerprint density at radius 2 is 2.08 bits per heavy atom. The Labute approximate surface area is 149 Å². The molecule has 25 heavy (non-hydrogen) atoms. The number of amides is 1. The number of fused-ring (bicyclic) bond motifs is 1. The number of pyridine rings is 1. The fraction of sp³-hybridized carbons (Fsp3) is 0.400. The molecule has 2 aromatic rings. The molecule has 5 nitrogen and oxygen atoms in total. The van der Waals surface area contributed by atoms with E-state index < -0.39 is 0 Å². The predicted molar refractivity (Wildman–Crippen MR) is 102 cm³/mol. The number of carbonyl (C=O) groups excluding carboxylic acids is 1. The average molecular weight is 338 g/mol. The molecule has 0 saturated carbocycles. The predicted octanol–water partition coefficient (Wildman–Crippen LogP) is 3.04. The van der Waals surface area contributed by atoms with E-state index in [-0.39, 0.29) is 11.9 Å². The van der Waals surface area contributed by atoms with Crippen molar-refractivity contribution in [3.8, 4) is 0 Å². The minimum atomic E-state index is -0.0309. The van der Waals surface area contributed by atoms with Crippen LogP contribution in [0.25, 0.3) is 0 Å². The summed E-state index contributed by atoms with van der Waals surface area (Å²) in [6, 6.07) is 12.0. The van der Waals surface area contributed by atoms with Gasteiger partial charge in [0.05, 0.1) is 11.9 Å². The van der Waals surface area contributed by atoms with Crippen LogP contribution in [0.4, 0.5) is 11.4 Å². The number of nitrogens with one attached hydrogen (secondary N) is 1. The standard InChI is InChI=1S/C20H26N4O/c1-15-13-16-7-4-5-8-19(16)24(15)20(25)18-10-9-17(14-22-18)21-11-6-12-23(2)3/h4-5,7-10,14-15,21H,6,11-13H2,1-3H3. The number of carbonyl (C=O) groups is 1. The first kappa shape index (κ1) is 17.4. The van der Waals surface area contributed by atoms with Gasteiger partial charge >= 0.3 is 0 Å². The molecule has 1 aliphatic heterocycles. The molecular weight excluding hydrogens is 312 g/mol. The second kappa shape index (κ2) is 7.66. The molecule has 1 amide bonds. The van der Waals surface area contributed by atoms with E-state index in [1.807, 2.05) is 35.2 Å². The van der Waals surface area contributed by atoms with Crippen LogP contribution in [-0.4, -0.2) is 49.0 Å². The highest BCUT2D eigenvalue weighted by Crippen LogP contribution is 2.32. The third-order valence-corrected chi connectivity index (χ3v) is 4.52. The van der Waals surface area contributed by atoms with E-state index in [4.69, 9.17) is 0 Å². The fourth-order valence-electron chi connectivity index (χ4n) is 3.25. The lowest BCUT2D eigenvalue weighted by Gasteiger charge is -2.22. The molecule has 0 spiro atoms. The first-order valence-electron chi connectivity index (χ1n) is 8.82. The summed E-state index contributed by atoms with van der Waals surface area (Å²) in [6.45, 7) is 4.02. The van der Waals surface area contributed by atoms with Gasteiger partial charge in [-0.05, 0) is 64.2 Å². The summed E-state index contributed by atoms with van der Waals surface area (Å²) in [5.41, 5.74) is 3.67. The monoisotopic (exact) mass is 338 g/mol. The minimum absolute atomic E-state index is 0.0309. The fourth-order valence-corrected chi connectivity index (χ4v) is 3.25. The number of benzene rings is 1. The first-order valence-corrected chi connectivity index (χ1v) is 8.82. The summed E-state index contributed by atoms with van der Waals surface area (Å²) < 4.78 is 0. The molecule has 1 aromatic carbocycles. The lowest BCUT2D eigenvalue weighted by molar-refractivity contribution is 0.0976. The molecule has 0 saturated heterocycles. The van der Waals surface area contributed by atoms with Crippen molar-refractivity contribution in [1.29, 1.82) is 0 Å². The number of para-hydroxylation sites is 1. The van der Waals surface area contributed by atoms with Gasteiger partial charge in [0.1, 0.15) is 5.69 Å². The van der Waals surface area contributed by atoms with Gasteiger partial charge in [0.2, 0.25) is 0 Å². The van der Waals surface area contributed by atoms with Gasteiger partial charge in [0, 0.05) is 18.3 Å². The van der Waals surface area contributed by atoms with Crippen LogP contribution in [-0.2, 0) is 6.42 Å². The van der Waals surface area contributed by atoms with E-state index in [0.29, 0.717) is 5.69 Å². The molecule has 0 bridgehead atoms. The van der Waals surface area contributed by atoms with Crippen LogP contribution in [0.15, 0.2) is 42.6 Å². The molecule has 1 atom stereocenters. The number of hydrogen-bond acceptors (Lipinski definition) is 4. The van der Waals surface area contributed by atoms with E-state index >= 15 is 0 Å². The number of anilines is 2. The van der Waals surface area contributed by atoms with E-state index in [2.05, 4.69) is 42.3 Å². The number of nitrogens with zero attached hydrogens (tertiary/aromatic N) is 3. The molecule has 0 fully saturated rings. The molecule has 3 rings (SSSR count). The zero-order valence-electron chi connectivity index (χ0n) is 15.2. The quantitative estimate of drug-likeness (QED) is 0.823. The van der Waals surface area contributed by atoms with Crippen molar-refractivity contribution in [2.24, 2.45) is 0 Å². The Hall–Kier alpha value is -2.40. The van der Waals surface area contributed by atoms with E-state index in [1.54, 1.807) is 6.20 Å². The maximum atomic E-state index is 12.9. The van der Waals surface area contributed by atoms with Crippen molar-refractivity contribution in [1.82, 2.24) is 9.88 Å². The third-order valence-electron chi connectivity index (χ3n) is 4.52. The molecule has 132 valence electrons. The van der Waals surface area contributed by atoms with Crippen molar-refractivity contribution < 1.29 is 4.79 Å². The molecular formula is C20H26N4O. The lowest BCUT2D eigenvalue weighted by atomic mass is 10.1. The highest BCUT2D eigenvalue weighted by atomic mass is 16.2. The lowest BCUT2D eigenvalue weighted by Crippen LogP contribution is -2.36. The zero-order valence-corrected chi connectivity index (χ0v) is 15.2. The second-order valence-electron chi connectivity index (χ2n) is 6.87. The molecule has 2 heterocycles. The summed E-state index contributed by atoms with van der Waals surface area (Å²) >= 11 is 0. The van der Waals surface area contributed by atoms with Gasteiger partial charge in [-0.1, -0.05) is 18.2 Å². The van der Waals surface area contributed by atoms with Crippen LogP contribution in [0.2, 0.25) is 0 Å². The summed E-state index contributed by atoms with van der Waals surface area (Å²) in [7, 11) is 4.14. The average Bonchev–Trinajstić information content (AvgIpc) is 2.94. The van der Waals surface area contributed by atoms with E-state index in [0.717, 1.165) is 37.3 Å². The molecule has 5 heteroatoms. The molecule has 1 aliphatic rings. The van der Waals surface area contributed by atoms with Crippen LogP contribution in [0.5, 0.6) is 0 Å². The van der Waals surface area contributed by atoms with Gasteiger partial charge in [-0.3, -0.25) is 4.79 Å². The zero-order chi connectivity index (χ0) is 17.8. The largest absolute Gasteiger partial charge is 0.384 e. The van der Waals surface area contributed by atoms with E-state index in [1.165, 1.54) is 5.56 Å². The van der Waals surface area contributed by atoms with Crippen molar-refractivity contribution in [2.45, 2.75) is 25.8 Å². The third kappa shape index (κ3) is 3.99. The molecule has 1 aromatic heterocycles. The van der Waals surface area contributed by atoms with Crippen molar-refractivity contribution in [2.75, 3.05) is 37.4 Å². The van der Waals surface area contributed by atoms with Crippen LogP contribution in [0.1, 0.15) is 29.4 Å². The highest BCUT2D eigenvalue weighted by molar-refractivity contribution is 6.06. The Morgan fingerprint density at radius 1 is 1.28 bits per heavy atom. The number of hydrogen-bond donors (Lipinski definition) is 1. The second-order valence-corrected chi connectivity index (χ2v) is 6.87. The molecule has 0 radical (unpaired) electrons. The van der Waals surface area contributed by atoms with Gasteiger partial charge < -0.3 is 15.1 Å². The Kier molecular flexibility index (Phi) is 5.34. The summed E-state index contributed by atoms with van der Waals surface area (Å²) in [5.74, 6) is -0.0309. The first-order chi connectivity index (χ1) is 12.1. The maximum Gasteiger partial charge on any atom is 0.277 e. The smallest absolute Gasteiger partial charge is 0.277 e. The highest BCUT2D eigenvalue weighted by Gasteiger charge is 2.31. The summed E-state index contributed by atoms with van der Waals surface area (Å²) in [5, 5.41) is 3.35. The normalized spacial score (nSPS) is 16.2. The van der Waals surface area contributed by atoms with Crippen LogP contribution in [0.3, 0.4) is 0 Å². The number of aromatic nitrogens is 1. The van der Waals surface area contributed by atoms with Crippen LogP contribution in [0, 0.1) is 0 Å². The summed E-state index contributed by atoms with van der Waals surface area (Å²) in [6.07, 6.45) is 3.71. The molecule has 1 unspecified atom stereocenters. The van der Waals surface area contributed by atoms with Crippen molar-refractivity contribution in [3.63, 3.8) is 0 Å². The van der Waals surface area contributed by atoms with Gasteiger partial charge in [-0.15, -0.1) is 0 Å². The Balaban J connectivity index is 1.65. The Morgan fingerprint density at radius 3 is 2.80 bits per heavy atom. The Bertz CT molecular complexity index is 727. The SMILES string of the molecule is CC1Cc2ccccc2N1C(=O)c1ccc(NCCCN(C)C)cn1. The van der Waals surface area contributed by atoms with Crippen LogP contribution < -0.4 is 10.2 Å². The van der Waals surface area contributed by atoms with Crippen molar-refractivity contribution in [3.05, 3.63) is 53.9 Å². The number of rotatable bonds is 6. The van der Waals surface area contributed by atoms with Gasteiger partial charge in [0.15, 0.2) is 0 Å². The van der Waals surface area contributed by atoms with Gasteiger partial charge in [0.25, 0.3) is 5.91 Å². The van der Waals surface area contributed by atoms with Crippen molar-refractivity contribution >= 4 is 17.3 Å². The molecule has 0 aliphatic carbocycles. The van der Waals surface area contributed by atoms with Gasteiger partial charge in [-0.2, -0.15) is 0 Å². The van der Waals surface area contributed by atoms with E-state index in [9.17, 15) is 4.79 Å². The van der Waals surface area contributed by atoms with Crippen LogP contribution >= 0.6 is 0 Å². The maximum absolute atomic E-state index is 12.9. The minimum Gasteiger partial charge on any atom is -0.384 e. The van der Waals surface area contributed by atoms with Gasteiger partial charge in [-0.25, -0.2) is 4.98 Å². The topological polar surface area (TPSA) is 48.5 Å². The molecule has 1 N–H and O–H groups in total. The summed E-state index contributed by atoms with van der Waals surface area (Å²) in [4.78, 5) is 21.3.